The maximum absolute atomic E-state index is 12.1. The van der Waals surface area contributed by atoms with Gasteiger partial charge in [0.25, 0.3) is 0 Å². The fourth-order valence-corrected chi connectivity index (χ4v) is 3.23. The van der Waals surface area contributed by atoms with Crippen LogP contribution in [0.3, 0.4) is 0 Å². The molecule has 3 aromatic rings. The first kappa shape index (κ1) is 16.0. The summed E-state index contributed by atoms with van der Waals surface area (Å²) in [7, 11) is 0. The minimum absolute atomic E-state index is 0.0729. The highest BCUT2D eigenvalue weighted by atomic mass is 79.9. The fourth-order valence-electron chi connectivity index (χ4n) is 2.09. The number of amides is 1. The maximum Gasteiger partial charge on any atom is 0.234 e. The van der Waals surface area contributed by atoms with Crippen molar-refractivity contribution in [1.82, 2.24) is 9.97 Å². The number of aryl methyl sites for hydroxylation is 1. The third-order valence-electron chi connectivity index (χ3n) is 3.19. The zero-order valence-electron chi connectivity index (χ0n) is 12.4. The summed E-state index contributed by atoms with van der Waals surface area (Å²) >= 11 is 4.81. The lowest BCUT2D eigenvalue weighted by atomic mass is 10.3. The van der Waals surface area contributed by atoms with Crippen molar-refractivity contribution in [3.8, 4) is 0 Å². The van der Waals surface area contributed by atoms with E-state index in [1.807, 2.05) is 55.5 Å². The molecule has 1 aromatic heterocycles. The third kappa shape index (κ3) is 3.89. The van der Waals surface area contributed by atoms with Crippen LogP contribution in [0, 0.1) is 6.92 Å². The molecular formula is C17H14BrN3OS. The molecule has 0 aliphatic carbocycles. The van der Waals surface area contributed by atoms with Gasteiger partial charge in [0.05, 0.1) is 28.2 Å². The van der Waals surface area contributed by atoms with Crippen LogP contribution in [0.25, 0.3) is 11.0 Å². The largest absolute Gasteiger partial charge is 0.324 e. The lowest BCUT2D eigenvalue weighted by Gasteiger charge is -2.08. The molecule has 0 saturated heterocycles. The quantitative estimate of drug-likeness (QED) is 0.672. The van der Waals surface area contributed by atoms with E-state index >= 15 is 0 Å². The SMILES string of the molecule is Cc1nc2ccccc2nc1SCC(=O)Nc1ccccc1Br. The summed E-state index contributed by atoms with van der Waals surface area (Å²) in [5, 5.41) is 3.67. The first-order valence-electron chi connectivity index (χ1n) is 7.04. The van der Waals surface area contributed by atoms with E-state index in [9.17, 15) is 4.79 Å². The number of thioether (sulfide) groups is 1. The highest BCUT2D eigenvalue weighted by molar-refractivity contribution is 9.10. The van der Waals surface area contributed by atoms with Crippen molar-refractivity contribution >= 4 is 50.3 Å². The molecule has 0 bridgehead atoms. The zero-order valence-corrected chi connectivity index (χ0v) is 14.8. The number of rotatable bonds is 4. The number of hydrogen-bond acceptors (Lipinski definition) is 4. The second kappa shape index (κ2) is 7.10. The Bertz CT molecular complexity index is 869. The number of hydrogen-bond donors (Lipinski definition) is 1. The molecule has 0 fully saturated rings. The minimum Gasteiger partial charge on any atom is -0.324 e. The molecule has 1 amide bonds. The van der Waals surface area contributed by atoms with Crippen LogP contribution >= 0.6 is 27.7 Å². The van der Waals surface area contributed by atoms with Crippen molar-refractivity contribution in [2.75, 3.05) is 11.1 Å². The highest BCUT2D eigenvalue weighted by Crippen LogP contribution is 2.24. The summed E-state index contributed by atoms with van der Waals surface area (Å²) in [5.74, 6) is 0.214. The molecule has 0 saturated carbocycles. The lowest BCUT2D eigenvalue weighted by Crippen LogP contribution is -2.14. The second-order valence-electron chi connectivity index (χ2n) is 4.92. The molecule has 2 aromatic carbocycles. The van der Waals surface area contributed by atoms with Gasteiger partial charge >= 0.3 is 0 Å². The molecule has 6 heteroatoms. The van der Waals surface area contributed by atoms with Crippen molar-refractivity contribution in [1.29, 1.82) is 0 Å². The molecule has 23 heavy (non-hydrogen) atoms. The monoisotopic (exact) mass is 387 g/mol. The Kier molecular flexibility index (Phi) is 4.93. The number of nitrogens with one attached hydrogen (secondary N) is 1. The van der Waals surface area contributed by atoms with Crippen LogP contribution in [-0.2, 0) is 4.79 Å². The van der Waals surface area contributed by atoms with Gasteiger partial charge in [0.1, 0.15) is 5.03 Å². The number of para-hydroxylation sites is 3. The molecule has 0 unspecified atom stereocenters. The van der Waals surface area contributed by atoms with Gasteiger partial charge in [-0.3, -0.25) is 4.79 Å². The summed E-state index contributed by atoms with van der Waals surface area (Å²) in [6, 6.07) is 15.3. The van der Waals surface area contributed by atoms with Crippen LogP contribution < -0.4 is 5.32 Å². The van der Waals surface area contributed by atoms with Gasteiger partial charge in [-0.2, -0.15) is 0 Å². The standard InChI is InChI=1S/C17H14BrN3OS/c1-11-17(21-15-9-5-4-8-14(15)19-11)23-10-16(22)20-13-7-3-2-6-12(13)18/h2-9H,10H2,1H3,(H,20,22). The van der Waals surface area contributed by atoms with Gasteiger partial charge in [-0.25, -0.2) is 9.97 Å². The molecule has 116 valence electrons. The number of carbonyl (C=O) groups excluding carboxylic acids is 1. The number of nitrogens with zero attached hydrogens (tertiary/aromatic N) is 2. The second-order valence-corrected chi connectivity index (χ2v) is 6.74. The summed E-state index contributed by atoms with van der Waals surface area (Å²) in [6.07, 6.45) is 0. The Morgan fingerprint density at radius 2 is 1.74 bits per heavy atom. The average Bonchev–Trinajstić information content (AvgIpc) is 2.55. The molecular weight excluding hydrogens is 374 g/mol. The average molecular weight is 388 g/mol. The Morgan fingerprint density at radius 1 is 1.09 bits per heavy atom. The lowest BCUT2D eigenvalue weighted by molar-refractivity contribution is -0.113. The van der Waals surface area contributed by atoms with E-state index < -0.39 is 0 Å². The Labute approximate surface area is 146 Å². The normalized spacial score (nSPS) is 10.7. The van der Waals surface area contributed by atoms with E-state index in [0.29, 0.717) is 0 Å². The molecule has 1 heterocycles. The van der Waals surface area contributed by atoms with Crippen molar-refractivity contribution < 1.29 is 4.79 Å². The van der Waals surface area contributed by atoms with Gasteiger partial charge in [-0.05, 0) is 47.1 Å². The highest BCUT2D eigenvalue weighted by Gasteiger charge is 2.10. The van der Waals surface area contributed by atoms with Gasteiger partial charge in [-0.1, -0.05) is 36.0 Å². The maximum atomic E-state index is 12.1. The fraction of sp³-hybridized carbons (Fsp3) is 0.118. The first-order chi connectivity index (χ1) is 11.1. The van der Waals surface area contributed by atoms with E-state index in [1.54, 1.807) is 0 Å². The van der Waals surface area contributed by atoms with E-state index in [2.05, 4.69) is 31.2 Å². The van der Waals surface area contributed by atoms with Crippen molar-refractivity contribution in [2.45, 2.75) is 11.9 Å². The van der Waals surface area contributed by atoms with Crippen LogP contribution in [0.15, 0.2) is 58.0 Å². The van der Waals surface area contributed by atoms with Gasteiger partial charge in [0, 0.05) is 4.47 Å². The number of fused-ring (bicyclic) bond motifs is 1. The molecule has 4 nitrogen and oxygen atoms in total. The number of carbonyl (C=O) groups is 1. The van der Waals surface area contributed by atoms with Gasteiger partial charge in [0.15, 0.2) is 0 Å². The number of aromatic nitrogens is 2. The summed E-state index contributed by atoms with van der Waals surface area (Å²) in [5.41, 5.74) is 3.31. The third-order valence-corrected chi connectivity index (χ3v) is 4.95. The predicted octanol–water partition coefficient (Wildman–Crippen LogP) is 4.43. The summed E-state index contributed by atoms with van der Waals surface area (Å²) < 4.78 is 0.861. The van der Waals surface area contributed by atoms with Crippen LogP contribution in [0.1, 0.15) is 5.69 Å². The molecule has 0 aliphatic heterocycles. The van der Waals surface area contributed by atoms with Crippen molar-refractivity contribution in [3.05, 3.63) is 58.7 Å². The van der Waals surface area contributed by atoms with E-state index in [-0.39, 0.29) is 11.7 Å². The van der Waals surface area contributed by atoms with Gasteiger partial charge in [0.2, 0.25) is 5.91 Å². The molecule has 3 rings (SSSR count). The topological polar surface area (TPSA) is 54.9 Å². The Balaban J connectivity index is 1.69. The summed E-state index contributed by atoms with van der Waals surface area (Å²) in [6.45, 7) is 1.91. The zero-order chi connectivity index (χ0) is 16.2. The van der Waals surface area contributed by atoms with E-state index in [1.165, 1.54) is 11.8 Å². The predicted molar refractivity (Wildman–Crippen MR) is 97.8 cm³/mol. The Hall–Kier alpha value is -1.92. The smallest absolute Gasteiger partial charge is 0.234 e. The molecule has 0 spiro atoms. The van der Waals surface area contributed by atoms with Crippen LogP contribution in [-0.4, -0.2) is 21.6 Å². The van der Waals surface area contributed by atoms with E-state index in [0.717, 1.165) is 31.9 Å². The molecule has 0 atom stereocenters. The van der Waals surface area contributed by atoms with Crippen molar-refractivity contribution in [2.24, 2.45) is 0 Å². The molecule has 0 aliphatic rings. The number of benzene rings is 2. The minimum atomic E-state index is -0.0729. The van der Waals surface area contributed by atoms with Crippen molar-refractivity contribution in [3.63, 3.8) is 0 Å². The number of anilines is 1. The molecule has 1 N–H and O–H groups in total. The number of halogens is 1. The van der Waals surface area contributed by atoms with Gasteiger partial charge < -0.3 is 5.32 Å². The van der Waals surface area contributed by atoms with E-state index in [4.69, 9.17) is 0 Å². The van der Waals surface area contributed by atoms with Crippen LogP contribution in [0.5, 0.6) is 0 Å². The summed E-state index contributed by atoms with van der Waals surface area (Å²) in [4.78, 5) is 21.2. The van der Waals surface area contributed by atoms with Gasteiger partial charge in [-0.15, -0.1) is 0 Å². The Morgan fingerprint density at radius 3 is 2.48 bits per heavy atom. The van der Waals surface area contributed by atoms with Crippen LogP contribution in [0.4, 0.5) is 5.69 Å². The van der Waals surface area contributed by atoms with Crippen LogP contribution in [0.2, 0.25) is 0 Å². The molecule has 0 radical (unpaired) electrons. The first-order valence-corrected chi connectivity index (χ1v) is 8.82.